The summed E-state index contributed by atoms with van der Waals surface area (Å²) < 4.78 is 48.5. The van der Waals surface area contributed by atoms with Crippen LogP contribution < -0.4 is 0 Å². The zero-order chi connectivity index (χ0) is 24.7. The Bertz CT molecular complexity index is 1200. The molecule has 138 valence electrons. The van der Waals surface area contributed by atoms with E-state index >= 15 is 0 Å². The third kappa shape index (κ3) is 3.66. The van der Waals surface area contributed by atoms with E-state index in [2.05, 4.69) is 36.9 Å². The highest BCUT2D eigenvalue weighted by atomic mass is 15.0. The molecule has 0 fully saturated rings. The van der Waals surface area contributed by atoms with Gasteiger partial charge in [-0.2, -0.15) is 0 Å². The molecule has 0 aliphatic rings. The van der Waals surface area contributed by atoms with Crippen LogP contribution in [0.3, 0.4) is 0 Å². The van der Waals surface area contributed by atoms with Crippen LogP contribution in [0.5, 0.6) is 0 Å². The molecular formula is C25H28N2. The largest absolute Gasteiger partial charge is 0.348 e. The van der Waals surface area contributed by atoms with Gasteiger partial charge in [0.1, 0.15) is 0 Å². The van der Waals surface area contributed by atoms with Crippen molar-refractivity contribution in [3.8, 4) is 11.3 Å². The molecule has 2 heteroatoms. The van der Waals surface area contributed by atoms with E-state index in [-0.39, 0.29) is 11.1 Å². The second-order valence-electron chi connectivity index (χ2n) is 6.83. The van der Waals surface area contributed by atoms with E-state index in [1.54, 1.807) is 24.3 Å². The minimum atomic E-state index is -2.31. The second kappa shape index (κ2) is 7.40. The van der Waals surface area contributed by atoms with Crippen LogP contribution in [-0.2, 0) is 7.05 Å². The fraction of sp³-hybridized carbons (Fsp3) is 0.240. The van der Waals surface area contributed by atoms with Crippen LogP contribution in [-0.4, -0.2) is 9.55 Å². The van der Waals surface area contributed by atoms with E-state index in [1.807, 2.05) is 19.2 Å². The molecule has 2 heterocycles. The van der Waals surface area contributed by atoms with Crippen molar-refractivity contribution < 1.29 is 8.22 Å². The molecule has 0 atom stereocenters. The number of aryl methyl sites for hydroxylation is 2. The van der Waals surface area contributed by atoms with Crippen molar-refractivity contribution in [3.05, 3.63) is 88.4 Å². The first-order valence-corrected chi connectivity index (χ1v) is 8.83. The predicted molar refractivity (Wildman–Crippen MR) is 117 cm³/mol. The molecule has 0 amide bonds. The van der Waals surface area contributed by atoms with Gasteiger partial charge in [0.15, 0.2) is 0 Å². The highest BCUT2D eigenvalue weighted by molar-refractivity contribution is 5.81. The van der Waals surface area contributed by atoms with Crippen LogP contribution in [0.25, 0.3) is 22.9 Å². The highest BCUT2D eigenvalue weighted by Gasteiger charge is 2.10. The van der Waals surface area contributed by atoms with Crippen LogP contribution in [0.1, 0.15) is 47.4 Å². The third-order valence-corrected chi connectivity index (χ3v) is 5.22. The summed E-state index contributed by atoms with van der Waals surface area (Å²) in [4.78, 5) is 4.29. The van der Waals surface area contributed by atoms with Crippen molar-refractivity contribution in [2.75, 3.05) is 0 Å². The zero-order valence-corrected chi connectivity index (χ0v) is 16.2. The Balaban J connectivity index is 2.04. The smallest absolute Gasteiger partial charge is 0.0702 e. The number of hydrogen-bond acceptors (Lipinski definition) is 1. The molecule has 0 saturated heterocycles. The molecule has 2 nitrogen and oxygen atoms in total. The average molecular weight is 363 g/mol. The lowest BCUT2D eigenvalue weighted by Gasteiger charge is -2.10. The molecule has 0 unspecified atom stereocenters. The summed E-state index contributed by atoms with van der Waals surface area (Å²) in [6.45, 7) is 5.81. The molecule has 0 aliphatic carbocycles. The van der Waals surface area contributed by atoms with Crippen LogP contribution in [0.2, 0.25) is 0 Å². The molecule has 0 N–H and O–H groups in total. The van der Waals surface area contributed by atoms with E-state index in [4.69, 9.17) is 8.22 Å². The van der Waals surface area contributed by atoms with E-state index in [1.165, 1.54) is 29.1 Å². The molecule has 0 radical (unpaired) electrons. The normalized spacial score (nSPS) is 15.6. The lowest BCUT2D eigenvalue weighted by molar-refractivity contribution is 0.865. The number of allylic oxidation sites excluding steroid dienone is 2. The lowest BCUT2D eigenvalue weighted by atomic mass is 9.97. The number of aromatic nitrogens is 2. The molecule has 1 aromatic carbocycles. The van der Waals surface area contributed by atoms with Gasteiger partial charge < -0.3 is 4.57 Å². The van der Waals surface area contributed by atoms with E-state index in [0.29, 0.717) is 22.4 Å². The maximum atomic E-state index is 7.96. The number of hydrogen-bond donors (Lipinski definition) is 0. The molecule has 27 heavy (non-hydrogen) atoms. The van der Waals surface area contributed by atoms with Crippen LogP contribution in [0.15, 0.2) is 49.2 Å². The molecule has 0 saturated carbocycles. The van der Waals surface area contributed by atoms with Crippen LogP contribution in [0, 0.1) is 34.5 Å². The van der Waals surface area contributed by atoms with Gasteiger partial charge in [-0.05, 0) is 86.1 Å². The molecule has 3 aromatic rings. The summed E-state index contributed by atoms with van der Waals surface area (Å²) in [5.74, 6) is 0. The Morgan fingerprint density at radius 2 is 1.93 bits per heavy atom. The minimum absolute atomic E-state index is 0.154. The van der Waals surface area contributed by atoms with Gasteiger partial charge in [0.2, 0.25) is 0 Å². The van der Waals surface area contributed by atoms with Gasteiger partial charge in [-0.25, -0.2) is 0 Å². The van der Waals surface area contributed by atoms with Gasteiger partial charge in [-0.3, -0.25) is 4.98 Å². The quantitative estimate of drug-likeness (QED) is 0.494. The SMILES string of the molecule is [2H]C([2H])([2H])c1ccc(-c2ccc(C([2H])([2H])[2H])c(C(=C)/C=C\c3c(C)c(C)c(C)n3C)c2)nc1. The first kappa shape index (κ1) is 12.5. The van der Waals surface area contributed by atoms with Crippen molar-refractivity contribution >= 4 is 11.6 Å². The fourth-order valence-electron chi connectivity index (χ4n) is 3.19. The van der Waals surface area contributed by atoms with E-state index in [9.17, 15) is 0 Å². The topological polar surface area (TPSA) is 17.8 Å². The predicted octanol–water partition coefficient (Wildman–Crippen LogP) is 6.36. The third-order valence-electron chi connectivity index (χ3n) is 5.22. The summed E-state index contributed by atoms with van der Waals surface area (Å²) >= 11 is 0. The first-order valence-electron chi connectivity index (χ1n) is 11.8. The van der Waals surface area contributed by atoms with Gasteiger partial charge in [-0.15, -0.1) is 0 Å². The van der Waals surface area contributed by atoms with Crippen LogP contribution in [0.4, 0.5) is 0 Å². The molecule has 2 aromatic heterocycles. The van der Waals surface area contributed by atoms with Crippen molar-refractivity contribution in [2.24, 2.45) is 7.05 Å². The molecule has 0 spiro atoms. The highest BCUT2D eigenvalue weighted by Crippen LogP contribution is 2.27. The molecular weight excluding hydrogens is 328 g/mol. The number of benzene rings is 1. The number of pyridine rings is 1. The Hall–Kier alpha value is -2.87. The van der Waals surface area contributed by atoms with Gasteiger partial charge in [0, 0.05) is 38.4 Å². The summed E-state index contributed by atoms with van der Waals surface area (Å²) in [6, 6.07) is 8.16. The standard InChI is InChI=1S/C25H28N2/c1-16-8-12-24(26-15-16)22-11-9-17(2)23(14-22)18(3)10-13-25-20(5)19(4)21(6)27(25)7/h8-15H,3H2,1-2,4-7H3/b13-10-/i1D3,2D3. The van der Waals surface area contributed by atoms with Crippen molar-refractivity contribution in [1.29, 1.82) is 0 Å². The average Bonchev–Trinajstić information content (AvgIpc) is 2.93. The van der Waals surface area contributed by atoms with Gasteiger partial charge in [0.05, 0.1) is 5.69 Å². The summed E-state index contributed by atoms with van der Waals surface area (Å²) in [5, 5.41) is 0. The monoisotopic (exact) mass is 362 g/mol. The van der Waals surface area contributed by atoms with E-state index in [0.717, 1.165) is 5.69 Å². The number of nitrogens with zero attached hydrogens (tertiary/aromatic N) is 2. The van der Waals surface area contributed by atoms with Crippen molar-refractivity contribution in [1.82, 2.24) is 9.55 Å². The minimum Gasteiger partial charge on any atom is -0.348 e. The van der Waals surface area contributed by atoms with E-state index < -0.39 is 13.7 Å². The van der Waals surface area contributed by atoms with Crippen molar-refractivity contribution in [2.45, 2.75) is 34.5 Å². The molecule has 0 aliphatic heterocycles. The summed E-state index contributed by atoms with van der Waals surface area (Å²) in [5.41, 5.74) is 7.28. The zero-order valence-electron chi connectivity index (χ0n) is 22.2. The Morgan fingerprint density at radius 1 is 1.11 bits per heavy atom. The maximum absolute atomic E-state index is 7.96. The van der Waals surface area contributed by atoms with Crippen LogP contribution >= 0.6 is 0 Å². The first-order chi connectivity index (χ1) is 15.2. The Morgan fingerprint density at radius 3 is 2.52 bits per heavy atom. The molecule has 0 bridgehead atoms. The molecule has 3 rings (SSSR count). The second-order valence-corrected chi connectivity index (χ2v) is 6.83. The summed E-state index contributed by atoms with van der Waals surface area (Å²) in [7, 11) is 2.00. The van der Waals surface area contributed by atoms with Gasteiger partial charge >= 0.3 is 0 Å². The summed E-state index contributed by atoms with van der Waals surface area (Å²) in [6.07, 6.45) is 5.12. The number of rotatable bonds is 4. The lowest BCUT2D eigenvalue weighted by Crippen LogP contribution is -1.94. The van der Waals surface area contributed by atoms with Crippen molar-refractivity contribution in [3.63, 3.8) is 0 Å². The Labute approximate surface area is 171 Å². The maximum Gasteiger partial charge on any atom is 0.0702 e. The van der Waals surface area contributed by atoms with Gasteiger partial charge in [-0.1, -0.05) is 30.9 Å². The van der Waals surface area contributed by atoms with Gasteiger partial charge in [0.25, 0.3) is 0 Å². The fourth-order valence-corrected chi connectivity index (χ4v) is 3.19. The Kier molecular flexibility index (Phi) is 3.43.